The zero-order valence-corrected chi connectivity index (χ0v) is 9.35. The largest absolute Gasteiger partial charge is 0.383 e. The van der Waals surface area contributed by atoms with Crippen LogP contribution in [0.25, 0.3) is 0 Å². The first-order chi connectivity index (χ1) is 6.97. The zero-order chi connectivity index (χ0) is 11.5. The number of rotatable bonds is 4. The quantitative estimate of drug-likeness (QED) is 0.671. The molecular formula is C7H11ClN4O2S. The van der Waals surface area contributed by atoms with Crippen LogP contribution in [0.2, 0.25) is 5.02 Å². The molecule has 0 saturated heterocycles. The summed E-state index contributed by atoms with van der Waals surface area (Å²) in [5.74, 6) is -0.0936. The van der Waals surface area contributed by atoms with E-state index in [1.807, 2.05) is 0 Å². The highest BCUT2D eigenvalue weighted by atomic mass is 35.5. The van der Waals surface area contributed by atoms with Gasteiger partial charge in [0.15, 0.2) is 0 Å². The Morgan fingerprint density at radius 3 is 2.80 bits per heavy atom. The lowest BCUT2D eigenvalue weighted by atomic mass is 10.5. The molecule has 0 aromatic carbocycles. The number of aromatic nitrogens is 1. The highest BCUT2D eigenvalue weighted by Crippen LogP contribution is 2.19. The Morgan fingerprint density at radius 1 is 1.53 bits per heavy atom. The van der Waals surface area contributed by atoms with E-state index >= 15 is 0 Å². The molecule has 8 heteroatoms. The van der Waals surface area contributed by atoms with Crippen LogP contribution in [0.4, 0.5) is 5.82 Å². The van der Waals surface area contributed by atoms with Gasteiger partial charge in [-0.3, -0.25) is 0 Å². The van der Waals surface area contributed by atoms with Crippen molar-refractivity contribution in [1.29, 1.82) is 0 Å². The number of sulfonamides is 1. The van der Waals surface area contributed by atoms with Crippen LogP contribution in [0.1, 0.15) is 0 Å². The van der Waals surface area contributed by atoms with E-state index in [1.54, 1.807) is 0 Å². The summed E-state index contributed by atoms with van der Waals surface area (Å²) in [4.78, 5) is 3.51. The normalized spacial score (nSPS) is 11.6. The van der Waals surface area contributed by atoms with Gasteiger partial charge in [0.1, 0.15) is 10.7 Å². The lowest BCUT2D eigenvalue weighted by Crippen LogP contribution is -2.29. The number of halogens is 1. The van der Waals surface area contributed by atoms with Gasteiger partial charge in [0.05, 0.1) is 5.02 Å². The van der Waals surface area contributed by atoms with E-state index in [2.05, 4.69) is 9.71 Å². The minimum atomic E-state index is -3.68. The van der Waals surface area contributed by atoms with Crippen molar-refractivity contribution in [3.63, 3.8) is 0 Å². The molecule has 0 aliphatic rings. The first-order valence-corrected chi connectivity index (χ1v) is 5.94. The number of hydrogen-bond donors (Lipinski definition) is 3. The van der Waals surface area contributed by atoms with Crippen LogP contribution in [0, 0.1) is 0 Å². The fraction of sp³-hybridized carbons (Fsp3) is 0.286. The molecule has 84 valence electrons. The molecule has 0 saturated carbocycles. The Kier molecular flexibility index (Phi) is 3.86. The van der Waals surface area contributed by atoms with Gasteiger partial charge in [-0.2, -0.15) is 0 Å². The molecule has 1 rings (SSSR count). The summed E-state index contributed by atoms with van der Waals surface area (Å²) >= 11 is 5.62. The number of nitrogens with one attached hydrogen (secondary N) is 1. The summed E-state index contributed by atoms with van der Waals surface area (Å²) in [6.45, 7) is 0.335. The smallest absolute Gasteiger partial charge is 0.244 e. The van der Waals surface area contributed by atoms with Crippen LogP contribution in [0.3, 0.4) is 0 Å². The van der Waals surface area contributed by atoms with E-state index in [4.69, 9.17) is 23.1 Å². The molecule has 0 radical (unpaired) electrons. The standard InChI is InChI=1S/C7H11ClN4O2S/c8-5-3-6(7(10)11-4-5)15(13,14)12-2-1-9/h3-4,12H,1-2,9H2,(H2,10,11). The lowest BCUT2D eigenvalue weighted by Gasteiger charge is -2.07. The van der Waals surface area contributed by atoms with Crippen molar-refractivity contribution in [1.82, 2.24) is 9.71 Å². The van der Waals surface area contributed by atoms with Gasteiger partial charge >= 0.3 is 0 Å². The third-order valence-electron chi connectivity index (χ3n) is 1.57. The number of pyridine rings is 1. The minimum Gasteiger partial charge on any atom is -0.383 e. The van der Waals surface area contributed by atoms with Gasteiger partial charge in [0.25, 0.3) is 0 Å². The van der Waals surface area contributed by atoms with Gasteiger partial charge in [0.2, 0.25) is 10.0 Å². The first kappa shape index (κ1) is 12.2. The van der Waals surface area contributed by atoms with E-state index < -0.39 is 10.0 Å². The number of hydrogen-bond acceptors (Lipinski definition) is 5. The maximum absolute atomic E-state index is 11.6. The van der Waals surface area contributed by atoms with Crippen LogP contribution in [-0.4, -0.2) is 26.5 Å². The van der Waals surface area contributed by atoms with E-state index in [0.29, 0.717) is 0 Å². The summed E-state index contributed by atoms with van der Waals surface area (Å²) < 4.78 is 25.5. The summed E-state index contributed by atoms with van der Waals surface area (Å²) in [6.07, 6.45) is 1.28. The third-order valence-corrected chi connectivity index (χ3v) is 3.27. The number of anilines is 1. The fourth-order valence-electron chi connectivity index (χ4n) is 0.918. The zero-order valence-electron chi connectivity index (χ0n) is 7.77. The number of nitrogen functional groups attached to an aromatic ring is 1. The molecule has 1 aromatic rings. The van der Waals surface area contributed by atoms with Crippen molar-refractivity contribution in [2.24, 2.45) is 5.73 Å². The second kappa shape index (κ2) is 4.75. The third kappa shape index (κ3) is 3.03. The Bertz CT molecular complexity index is 448. The monoisotopic (exact) mass is 250 g/mol. The predicted molar refractivity (Wildman–Crippen MR) is 57.9 cm³/mol. The molecule has 15 heavy (non-hydrogen) atoms. The van der Waals surface area contributed by atoms with Crippen molar-refractivity contribution in [3.8, 4) is 0 Å². The average Bonchev–Trinajstić information content (AvgIpc) is 2.18. The Hall–Kier alpha value is -0.890. The number of nitrogens with two attached hydrogens (primary N) is 2. The van der Waals surface area contributed by atoms with Crippen LogP contribution in [-0.2, 0) is 10.0 Å². The van der Waals surface area contributed by atoms with Gasteiger partial charge < -0.3 is 11.5 Å². The van der Waals surface area contributed by atoms with E-state index in [9.17, 15) is 8.42 Å². The summed E-state index contributed by atoms with van der Waals surface area (Å²) in [6, 6.07) is 1.24. The van der Waals surface area contributed by atoms with Crippen molar-refractivity contribution >= 4 is 27.4 Å². The minimum absolute atomic E-state index is 0.0936. The molecule has 5 N–H and O–H groups in total. The van der Waals surface area contributed by atoms with Crippen molar-refractivity contribution in [3.05, 3.63) is 17.3 Å². The lowest BCUT2D eigenvalue weighted by molar-refractivity contribution is 0.582. The fourth-order valence-corrected chi connectivity index (χ4v) is 2.29. The maximum Gasteiger partial charge on any atom is 0.244 e. The second-order valence-electron chi connectivity index (χ2n) is 2.72. The molecule has 0 aliphatic heterocycles. The molecule has 0 unspecified atom stereocenters. The molecule has 0 spiro atoms. The van der Waals surface area contributed by atoms with Gasteiger partial charge in [-0.15, -0.1) is 0 Å². The van der Waals surface area contributed by atoms with Gasteiger partial charge in [0, 0.05) is 19.3 Å². The van der Waals surface area contributed by atoms with Gasteiger partial charge in [-0.1, -0.05) is 11.6 Å². The van der Waals surface area contributed by atoms with Crippen molar-refractivity contribution in [2.75, 3.05) is 18.8 Å². The molecule has 6 nitrogen and oxygen atoms in total. The highest BCUT2D eigenvalue weighted by molar-refractivity contribution is 7.89. The Morgan fingerprint density at radius 2 is 2.20 bits per heavy atom. The number of nitrogens with zero attached hydrogens (tertiary/aromatic N) is 1. The topological polar surface area (TPSA) is 111 Å². The van der Waals surface area contributed by atoms with E-state index in [1.165, 1.54) is 12.3 Å². The summed E-state index contributed by atoms with van der Waals surface area (Å²) in [5.41, 5.74) is 10.6. The summed E-state index contributed by atoms with van der Waals surface area (Å²) in [7, 11) is -3.68. The van der Waals surface area contributed by atoms with Crippen LogP contribution in [0.15, 0.2) is 17.2 Å². The van der Waals surface area contributed by atoms with Crippen LogP contribution < -0.4 is 16.2 Å². The van der Waals surface area contributed by atoms with E-state index in [0.717, 1.165) is 0 Å². The highest BCUT2D eigenvalue weighted by Gasteiger charge is 2.17. The Balaban J connectivity index is 3.09. The molecule has 1 heterocycles. The first-order valence-electron chi connectivity index (χ1n) is 4.08. The molecule has 0 fully saturated rings. The summed E-state index contributed by atoms with van der Waals surface area (Å²) in [5, 5.41) is 0.206. The van der Waals surface area contributed by atoms with Gasteiger partial charge in [-0.05, 0) is 6.07 Å². The molecule has 0 aliphatic carbocycles. The molecule has 0 atom stereocenters. The average molecular weight is 251 g/mol. The van der Waals surface area contributed by atoms with E-state index in [-0.39, 0.29) is 28.8 Å². The van der Waals surface area contributed by atoms with Crippen molar-refractivity contribution in [2.45, 2.75) is 4.90 Å². The SMILES string of the molecule is NCCNS(=O)(=O)c1cc(Cl)cnc1N. The van der Waals surface area contributed by atoms with Crippen LogP contribution in [0.5, 0.6) is 0 Å². The van der Waals surface area contributed by atoms with Crippen molar-refractivity contribution < 1.29 is 8.42 Å². The maximum atomic E-state index is 11.6. The molecule has 1 aromatic heterocycles. The predicted octanol–water partition coefficient (Wildman–Crippen LogP) is -0.446. The molecule has 0 bridgehead atoms. The molecule has 0 amide bonds. The Labute approximate surface area is 92.7 Å². The second-order valence-corrected chi connectivity index (χ2v) is 4.90. The van der Waals surface area contributed by atoms with Gasteiger partial charge in [-0.25, -0.2) is 18.1 Å². The van der Waals surface area contributed by atoms with Crippen LogP contribution >= 0.6 is 11.6 Å². The molecular weight excluding hydrogens is 240 g/mol.